The smallest absolute Gasteiger partial charge is 0.265 e. The van der Waals surface area contributed by atoms with Crippen LogP contribution in [0.15, 0.2) is 42.5 Å². The molecule has 7 heteroatoms. The van der Waals surface area contributed by atoms with E-state index in [9.17, 15) is 13.2 Å². The van der Waals surface area contributed by atoms with Crippen LogP contribution in [0.4, 0.5) is 13.2 Å². The molecule has 0 aliphatic rings. The third-order valence-corrected chi connectivity index (χ3v) is 4.50. The van der Waals surface area contributed by atoms with Gasteiger partial charge in [0, 0.05) is 11.3 Å². The molecule has 0 bridgehead atoms. The molecule has 4 nitrogen and oxygen atoms in total. The van der Waals surface area contributed by atoms with Crippen LogP contribution in [0.2, 0.25) is 0 Å². The largest absolute Gasteiger partial charge is 0.417 e. The van der Waals surface area contributed by atoms with Crippen LogP contribution in [0, 0.1) is 36.5 Å². The van der Waals surface area contributed by atoms with Crippen molar-refractivity contribution in [1.82, 2.24) is 9.78 Å². The Bertz CT molecular complexity index is 1130. The molecular formula is C21H15F3N4. The normalized spacial score (nSPS) is 11.1. The first-order valence-electron chi connectivity index (χ1n) is 8.39. The van der Waals surface area contributed by atoms with Gasteiger partial charge in [0.2, 0.25) is 0 Å². The van der Waals surface area contributed by atoms with Crippen LogP contribution < -0.4 is 0 Å². The van der Waals surface area contributed by atoms with Gasteiger partial charge in [-0.25, -0.2) is 0 Å². The summed E-state index contributed by atoms with van der Waals surface area (Å²) in [5.41, 5.74) is 2.29. The fraction of sp³-hybridized carbons (Fsp3) is 0.190. The summed E-state index contributed by atoms with van der Waals surface area (Å²) in [6.45, 7) is 3.91. The van der Waals surface area contributed by atoms with Gasteiger partial charge in [0.05, 0.1) is 41.1 Å². The highest BCUT2D eigenvalue weighted by Gasteiger charge is 2.34. The van der Waals surface area contributed by atoms with Crippen molar-refractivity contribution in [3.63, 3.8) is 0 Å². The van der Waals surface area contributed by atoms with Crippen molar-refractivity contribution in [2.45, 2.75) is 26.6 Å². The number of hydrogen-bond acceptors (Lipinski definition) is 3. The first-order valence-corrected chi connectivity index (χ1v) is 8.39. The molecule has 0 N–H and O–H groups in total. The minimum atomic E-state index is -4.61. The Morgan fingerprint density at radius 1 is 1.04 bits per heavy atom. The third kappa shape index (κ3) is 3.60. The van der Waals surface area contributed by atoms with E-state index in [0.717, 1.165) is 11.6 Å². The number of benzene rings is 2. The van der Waals surface area contributed by atoms with E-state index in [1.165, 1.54) is 12.1 Å². The Hall–Kier alpha value is -3.58. The highest BCUT2D eigenvalue weighted by atomic mass is 19.4. The van der Waals surface area contributed by atoms with Crippen molar-refractivity contribution in [3.05, 3.63) is 76.1 Å². The number of aryl methyl sites for hydroxylation is 1. The molecule has 0 spiro atoms. The van der Waals surface area contributed by atoms with Gasteiger partial charge in [0.15, 0.2) is 0 Å². The molecule has 0 amide bonds. The molecule has 1 heterocycles. The molecule has 0 aliphatic heterocycles. The third-order valence-electron chi connectivity index (χ3n) is 4.50. The maximum atomic E-state index is 13.3. The van der Waals surface area contributed by atoms with Gasteiger partial charge in [-0.1, -0.05) is 18.2 Å². The molecule has 1 aromatic heterocycles. The van der Waals surface area contributed by atoms with E-state index in [2.05, 4.69) is 11.2 Å². The first kappa shape index (κ1) is 19.2. The summed E-state index contributed by atoms with van der Waals surface area (Å²) < 4.78 is 41.6. The van der Waals surface area contributed by atoms with Gasteiger partial charge < -0.3 is 0 Å². The molecule has 0 fully saturated rings. The monoisotopic (exact) mass is 380 g/mol. The zero-order valence-corrected chi connectivity index (χ0v) is 15.2. The molecule has 140 valence electrons. The SMILES string of the molecule is Cc1nn(Cc2cccc(C#N)c2)c(C)c1-c1ccc(C#N)c(C(F)(F)F)c1. The summed E-state index contributed by atoms with van der Waals surface area (Å²) >= 11 is 0. The Morgan fingerprint density at radius 3 is 2.43 bits per heavy atom. The summed E-state index contributed by atoms with van der Waals surface area (Å²) in [6, 6.07) is 14.4. The number of nitriles is 2. The highest BCUT2D eigenvalue weighted by Crippen LogP contribution is 2.36. The minimum Gasteiger partial charge on any atom is -0.265 e. The number of aromatic nitrogens is 2. The fourth-order valence-electron chi connectivity index (χ4n) is 3.21. The second-order valence-electron chi connectivity index (χ2n) is 6.39. The van der Waals surface area contributed by atoms with Gasteiger partial charge in [-0.05, 0) is 49.2 Å². The molecular weight excluding hydrogens is 365 g/mol. The predicted molar refractivity (Wildman–Crippen MR) is 97.1 cm³/mol. The highest BCUT2D eigenvalue weighted by molar-refractivity contribution is 5.70. The van der Waals surface area contributed by atoms with Crippen LogP contribution in [-0.4, -0.2) is 9.78 Å². The van der Waals surface area contributed by atoms with Crippen LogP contribution in [0.25, 0.3) is 11.1 Å². The Labute approximate surface area is 160 Å². The summed E-state index contributed by atoms with van der Waals surface area (Å²) in [5.74, 6) is 0. The molecule has 3 aromatic rings. The first-order chi connectivity index (χ1) is 13.2. The Morgan fingerprint density at radius 2 is 1.79 bits per heavy atom. The summed E-state index contributed by atoms with van der Waals surface area (Å²) in [4.78, 5) is 0. The zero-order chi connectivity index (χ0) is 20.5. The van der Waals surface area contributed by atoms with Crippen LogP contribution in [0.1, 0.15) is 33.6 Å². The van der Waals surface area contributed by atoms with E-state index in [-0.39, 0.29) is 0 Å². The van der Waals surface area contributed by atoms with E-state index in [1.54, 1.807) is 42.8 Å². The minimum absolute atomic E-state index is 0.360. The maximum Gasteiger partial charge on any atom is 0.417 e. The van der Waals surface area contributed by atoms with Crippen molar-refractivity contribution in [1.29, 1.82) is 10.5 Å². The molecule has 0 saturated heterocycles. The maximum absolute atomic E-state index is 13.3. The van der Waals surface area contributed by atoms with Gasteiger partial charge in [-0.3, -0.25) is 4.68 Å². The molecule has 0 atom stereocenters. The van der Waals surface area contributed by atoms with Gasteiger partial charge >= 0.3 is 6.18 Å². The lowest BCUT2D eigenvalue weighted by Gasteiger charge is -2.11. The van der Waals surface area contributed by atoms with Gasteiger partial charge in [-0.15, -0.1) is 0 Å². The molecule has 2 aromatic carbocycles. The van der Waals surface area contributed by atoms with Crippen molar-refractivity contribution in [3.8, 4) is 23.3 Å². The number of hydrogen-bond donors (Lipinski definition) is 0. The zero-order valence-electron chi connectivity index (χ0n) is 15.2. The van der Waals surface area contributed by atoms with Gasteiger partial charge in [-0.2, -0.15) is 28.8 Å². The van der Waals surface area contributed by atoms with Gasteiger partial charge in [0.1, 0.15) is 0 Å². The van der Waals surface area contributed by atoms with Crippen molar-refractivity contribution in [2.75, 3.05) is 0 Å². The Balaban J connectivity index is 2.05. The quantitative estimate of drug-likeness (QED) is 0.644. The molecule has 0 saturated carbocycles. The summed E-state index contributed by atoms with van der Waals surface area (Å²) in [5, 5.41) is 22.5. The van der Waals surface area contributed by atoms with E-state index in [4.69, 9.17) is 10.5 Å². The number of rotatable bonds is 3. The van der Waals surface area contributed by atoms with E-state index >= 15 is 0 Å². The van der Waals surface area contributed by atoms with Crippen LogP contribution in [0.5, 0.6) is 0 Å². The van der Waals surface area contributed by atoms with Crippen molar-refractivity contribution in [2.24, 2.45) is 0 Å². The predicted octanol–water partition coefficient (Wildman–Crippen LogP) is 4.98. The lowest BCUT2D eigenvalue weighted by atomic mass is 9.98. The standard InChI is InChI=1S/C21H15F3N4/c1-13-20(17-6-7-18(11-26)19(9-17)21(22,23)24)14(2)28(27-13)12-16-5-3-4-15(8-16)10-25/h3-9H,12H2,1-2H3. The van der Waals surface area contributed by atoms with Crippen molar-refractivity contribution < 1.29 is 13.2 Å². The van der Waals surface area contributed by atoms with E-state index < -0.39 is 17.3 Å². The van der Waals surface area contributed by atoms with Gasteiger partial charge in [0.25, 0.3) is 0 Å². The average molecular weight is 380 g/mol. The van der Waals surface area contributed by atoms with Crippen LogP contribution in [0.3, 0.4) is 0 Å². The lowest BCUT2D eigenvalue weighted by Crippen LogP contribution is -2.08. The van der Waals surface area contributed by atoms with E-state index in [0.29, 0.717) is 34.6 Å². The molecule has 0 aliphatic carbocycles. The van der Waals surface area contributed by atoms with Crippen LogP contribution in [-0.2, 0) is 12.7 Å². The van der Waals surface area contributed by atoms with Crippen molar-refractivity contribution >= 4 is 0 Å². The number of halogens is 3. The molecule has 3 rings (SSSR count). The second kappa shape index (κ2) is 7.21. The Kier molecular flexibility index (Phi) is 4.94. The fourth-order valence-corrected chi connectivity index (χ4v) is 3.21. The summed E-state index contributed by atoms with van der Waals surface area (Å²) in [6.07, 6.45) is -4.61. The molecule has 0 unspecified atom stereocenters. The average Bonchev–Trinajstić information content (AvgIpc) is 2.94. The molecule has 0 radical (unpaired) electrons. The van der Waals surface area contributed by atoms with E-state index in [1.807, 2.05) is 6.07 Å². The number of nitrogens with zero attached hydrogens (tertiary/aromatic N) is 4. The lowest BCUT2D eigenvalue weighted by molar-refractivity contribution is -0.137. The summed E-state index contributed by atoms with van der Waals surface area (Å²) in [7, 11) is 0. The molecule has 28 heavy (non-hydrogen) atoms. The van der Waals surface area contributed by atoms with Crippen LogP contribution >= 0.6 is 0 Å². The topological polar surface area (TPSA) is 65.4 Å². The second-order valence-corrected chi connectivity index (χ2v) is 6.39. The number of alkyl halides is 3.